The first-order valence-corrected chi connectivity index (χ1v) is 9.51. The molecule has 2 fully saturated rings. The summed E-state index contributed by atoms with van der Waals surface area (Å²) >= 11 is 1.59. The van der Waals surface area contributed by atoms with Gasteiger partial charge in [0.1, 0.15) is 10.9 Å². The molecule has 0 bridgehead atoms. The van der Waals surface area contributed by atoms with Crippen molar-refractivity contribution in [2.45, 2.75) is 23.8 Å². The maximum atomic E-state index is 12.5. The number of hydrogen-bond acceptors (Lipinski definition) is 6. The van der Waals surface area contributed by atoms with Crippen molar-refractivity contribution < 1.29 is 23.9 Å². The van der Waals surface area contributed by atoms with Crippen LogP contribution in [0.2, 0.25) is 0 Å². The van der Waals surface area contributed by atoms with Crippen LogP contribution in [-0.2, 0) is 28.7 Å². The molecule has 2 aliphatic rings. The van der Waals surface area contributed by atoms with Crippen molar-refractivity contribution in [1.29, 1.82) is 0 Å². The highest BCUT2D eigenvalue weighted by atomic mass is 32.2. The molecule has 0 spiro atoms. The number of thioether (sulfide) groups is 1. The van der Waals surface area contributed by atoms with Crippen LogP contribution in [0.1, 0.15) is 18.4 Å². The number of carbonyl (C=O) groups is 3. The largest absolute Gasteiger partial charge is 0.454 e. The standard InChI is InChI=1S/C18H22N2O5S/c1-24-10-9-19-15(21)11-25-17(23)14-12-26-18(8-7-16(22)20(14)18)13-5-3-2-4-6-13/h2-6,14H,7-12H2,1H3,(H,19,21)/t14-,18-/m0/s1. The summed E-state index contributed by atoms with van der Waals surface area (Å²) in [6.45, 7) is 0.388. The van der Waals surface area contributed by atoms with Gasteiger partial charge in [0.2, 0.25) is 5.91 Å². The Bertz CT molecular complexity index is 683. The molecule has 2 amide bonds. The van der Waals surface area contributed by atoms with Crippen LogP contribution in [0.3, 0.4) is 0 Å². The van der Waals surface area contributed by atoms with Crippen LogP contribution in [0, 0.1) is 0 Å². The molecule has 2 heterocycles. The van der Waals surface area contributed by atoms with Crippen LogP contribution >= 0.6 is 11.8 Å². The van der Waals surface area contributed by atoms with Crippen molar-refractivity contribution in [2.24, 2.45) is 0 Å². The van der Waals surface area contributed by atoms with E-state index in [4.69, 9.17) is 9.47 Å². The van der Waals surface area contributed by atoms with E-state index >= 15 is 0 Å². The van der Waals surface area contributed by atoms with Gasteiger partial charge in [-0.15, -0.1) is 11.8 Å². The number of nitrogens with one attached hydrogen (secondary N) is 1. The second-order valence-electron chi connectivity index (χ2n) is 6.19. The van der Waals surface area contributed by atoms with Gasteiger partial charge in [0.05, 0.1) is 6.61 Å². The molecule has 8 heteroatoms. The molecule has 0 aromatic heterocycles. The Labute approximate surface area is 156 Å². The number of amides is 2. The minimum atomic E-state index is -0.665. The second kappa shape index (κ2) is 8.09. The minimum absolute atomic E-state index is 0.0506. The number of fused-ring (bicyclic) bond motifs is 1. The zero-order valence-electron chi connectivity index (χ0n) is 14.6. The summed E-state index contributed by atoms with van der Waals surface area (Å²) < 4.78 is 10.00. The molecule has 3 rings (SSSR count). The summed E-state index contributed by atoms with van der Waals surface area (Å²) in [6, 6.07) is 9.09. The zero-order chi connectivity index (χ0) is 18.6. The summed E-state index contributed by atoms with van der Waals surface area (Å²) in [7, 11) is 1.54. The Hall–Kier alpha value is -2.06. The van der Waals surface area contributed by atoms with E-state index in [-0.39, 0.29) is 18.4 Å². The summed E-state index contributed by atoms with van der Waals surface area (Å²) in [5, 5.41) is 2.59. The third kappa shape index (κ3) is 3.57. The van der Waals surface area contributed by atoms with Gasteiger partial charge >= 0.3 is 5.97 Å². The van der Waals surface area contributed by atoms with Gasteiger partial charge in [-0.3, -0.25) is 9.59 Å². The van der Waals surface area contributed by atoms with Gasteiger partial charge in [-0.25, -0.2) is 4.79 Å². The van der Waals surface area contributed by atoms with Crippen LogP contribution < -0.4 is 5.32 Å². The van der Waals surface area contributed by atoms with Gasteiger partial charge < -0.3 is 19.7 Å². The Balaban J connectivity index is 1.65. The van der Waals surface area contributed by atoms with Gasteiger partial charge in [-0.2, -0.15) is 0 Å². The average Bonchev–Trinajstić information content (AvgIpc) is 3.20. The first kappa shape index (κ1) is 18.7. The molecule has 0 unspecified atom stereocenters. The lowest BCUT2D eigenvalue weighted by Gasteiger charge is -2.33. The Morgan fingerprint density at radius 1 is 1.35 bits per heavy atom. The fourth-order valence-electron chi connectivity index (χ4n) is 3.39. The molecule has 140 valence electrons. The number of ether oxygens (including phenoxy) is 2. The molecule has 2 saturated heterocycles. The first-order chi connectivity index (χ1) is 12.6. The van der Waals surface area contributed by atoms with E-state index in [0.29, 0.717) is 31.7 Å². The van der Waals surface area contributed by atoms with Crippen LogP contribution in [0.5, 0.6) is 0 Å². The lowest BCUT2D eigenvalue weighted by atomic mass is 10.0. The molecule has 26 heavy (non-hydrogen) atoms. The molecule has 2 aliphatic heterocycles. The molecule has 0 aliphatic carbocycles. The quantitative estimate of drug-likeness (QED) is 0.560. The summed E-state index contributed by atoms with van der Waals surface area (Å²) in [6.07, 6.45) is 1.07. The van der Waals surface area contributed by atoms with Crippen molar-refractivity contribution in [3.8, 4) is 0 Å². The third-order valence-corrected chi connectivity index (χ3v) is 6.19. The smallest absolute Gasteiger partial charge is 0.330 e. The Morgan fingerprint density at radius 3 is 2.85 bits per heavy atom. The molecular weight excluding hydrogens is 356 g/mol. The van der Waals surface area contributed by atoms with Gasteiger partial charge in [-0.05, 0) is 12.0 Å². The fraction of sp³-hybridized carbons (Fsp3) is 0.500. The predicted molar refractivity (Wildman–Crippen MR) is 96.3 cm³/mol. The normalized spacial score (nSPS) is 24.4. The van der Waals surface area contributed by atoms with Crippen molar-refractivity contribution >= 4 is 29.5 Å². The third-order valence-electron chi connectivity index (χ3n) is 4.60. The van der Waals surface area contributed by atoms with Crippen molar-refractivity contribution in [2.75, 3.05) is 32.6 Å². The Morgan fingerprint density at radius 2 is 2.12 bits per heavy atom. The maximum Gasteiger partial charge on any atom is 0.330 e. The van der Waals surface area contributed by atoms with Crippen LogP contribution in [0.25, 0.3) is 0 Å². The fourth-order valence-corrected chi connectivity index (χ4v) is 5.03. The number of carbonyl (C=O) groups excluding carboxylic acids is 3. The molecule has 0 saturated carbocycles. The number of hydrogen-bond donors (Lipinski definition) is 1. The number of benzene rings is 1. The van der Waals surface area contributed by atoms with Crippen molar-refractivity contribution in [3.05, 3.63) is 35.9 Å². The van der Waals surface area contributed by atoms with E-state index in [1.54, 1.807) is 16.7 Å². The van der Waals surface area contributed by atoms with Crippen LogP contribution in [0.15, 0.2) is 30.3 Å². The summed E-state index contributed by atoms with van der Waals surface area (Å²) in [4.78, 5) is 37.8. The van der Waals surface area contributed by atoms with Crippen molar-refractivity contribution in [1.82, 2.24) is 10.2 Å². The molecule has 1 N–H and O–H groups in total. The molecule has 1 aromatic carbocycles. The van der Waals surface area contributed by atoms with E-state index in [0.717, 1.165) is 5.56 Å². The number of rotatable bonds is 7. The maximum absolute atomic E-state index is 12.5. The predicted octanol–water partition coefficient (Wildman–Crippen LogP) is 0.883. The van der Waals surface area contributed by atoms with Gasteiger partial charge in [-0.1, -0.05) is 30.3 Å². The lowest BCUT2D eigenvalue weighted by molar-refractivity contribution is -0.156. The molecule has 0 radical (unpaired) electrons. The average molecular weight is 378 g/mol. The van der Waals surface area contributed by atoms with Gasteiger partial charge in [0, 0.05) is 25.8 Å². The lowest BCUT2D eigenvalue weighted by Crippen LogP contribution is -2.47. The van der Waals surface area contributed by atoms with E-state index < -0.39 is 16.9 Å². The molecular formula is C18H22N2O5S. The summed E-state index contributed by atoms with van der Waals surface area (Å²) in [5.41, 5.74) is 1.02. The Kier molecular flexibility index (Phi) is 5.83. The highest BCUT2D eigenvalue weighted by molar-refractivity contribution is 8.00. The first-order valence-electron chi connectivity index (χ1n) is 8.52. The van der Waals surface area contributed by atoms with E-state index in [1.807, 2.05) is 30.3 Å². The number of nitrogens with zero attached hydrogens (tertiary/aromatic N) is 1. The topological polar surface area (TPSA) is 84.9 Å². The number of esters is 1. The second-order valence-corrected chi connectivity index (χ2v) is 7.49. The van der Waals surface area contributed by atoms with Crippen LogP contribution in [0.4, 0.5) is 0 Å². The SMILES string of the molecule is COCCNC(=O)COC(=O)[C@@H]1CS[C@]2(c3ccccc3)CCC(=O)N12. The molecule has 1 aromatic rings. The monoisotopic (exact) mass is 378 g/mol. The van der Waals surface area contributed by atoms with Crippen molar-refractivity contribution in [3.63, 3.8) is 0 Å². The molecule has 2 atom stereocenters. The highest BCUT2D eigenvalue weighted by Gasteiger charge is 2.57. The molecule has 7 nitrogen and oxygen atoms in total. The van der Waals surface area contributed by atoms with Gasteiger partial charge in [0.25, 0.3) is 5.91 Å². The highest BCUT2D eigenvalue weighted by Crippen LogP contribution is 2.54. The van der Waals surface area contributed by atoms with Gasteiger partial charge in [0.15, 0.2) is 6.61 Å². The van der Waals surface area contributed by atoms with E-state index in [2.05, 4.69) is 5.32 Å². The van der Waals surface area contributed by atoms with E-state index in [1.165, 1.54) is 7.11 Å². The van der Waals surface area contributed by atoms with E-state index in [9.17, 15) is 14.4 Å². The number of methoxy groups -OCH3 is 1. The van der Waals surface area contributed by atoms with Crippen LogP contribution in [-0.4, -0.2) is 61.3 Å². The minimum Gasteiger partial charge on any atom is -0.454 e. The zero-order valence-corrected chi connectivity index (χ0v) is 15.4. The summed E-state index contributed by atoms with van der Waals surface area (Å²) in [5.74, 6) is -0.508.